The standard InChI is InChI=1S/C16H28N4O/c1-4-13-19-14(17-5-2)9-15(20-13)18-11-16(21)8-6-7-12(3)10-16/h9,12,21H,4-8,10-11H2,1-3H3,(H2,17,18,19,20). The largest absolute Gasteiger partial charge is 0.388 e. The molecule has 2 rings (SSSR count). The maximum atomic E-state index is 10.7. The van der Waals surface area contributed by atoms with Crippen molar-refractivity contribution >= 4 is 11.6 Å². The highest BCUT2D eigenvalue weighted by atomic mass is 16.3. The number of aryl methyl sites for hydroxylation is 1. The molecular formula is C16H28N4O. The molecule has 21 heavy (non-hydrogen) atoms. The lowest BCUT2D eigenvalue weighted by Gasteiger charge is -2.35. The third kappa shape index (κ3) is 4.56. The molecule has 3 N–H and O–H groups in total. The summed E-state index contributed by atoms with van der Waals surface area (Å²) in [6.07, 6.45) is 4.86. The first-order chi connectivity index (χ1) is 10.0. The van der Waals surface area contributed by atoms with Gasteiger partial charge in [-0.3, -0.25) is 0 Å². The van der Waals surface area contributed by atoms with E-state index in [1.807, 2.05) is 19.9 Å². The van der Waals surface area contributed by atoms with Crippen LogP contribution in [0.15, 0.2) is 6.07 Å². The maximum absolute atomic E-state index is 10.7. The SMILES string of the molecule is CCNc1cc(NCC2(O)CCCC(C)C2)nc(CC)n1. The van der Waals surface area contributed by atoms with Crippen LogP contribution in [-0.2, 0) is 6.42 Å². The molecule has 0 amide bonds. The number of anilines is 2. The van der Waals surface area contributed by atoms with Crippen molar-refractivity contribution < 1.29 is 5.11 Å². The van der Waals surface area contributed by atoms with Gasteiger partial charge in [0, 0.05) is 25.6 Å². The highest BCUT2D eigenvalue weighted by molar-refractivity contribution is 5.47. The molecule has 0 aliphatic heterocycles. The molecule has 2 atom stereocenters. The Bertz CT molecular complexity index is 466. The average Bonchev–Trinajstić information content (AvgIpc) is 2.45. The van der Waals surface area contributed by atoms with Crippen LogP contribution >= 0.6 is 0 Å². The minimum Gasteiger partial charge on any atom is -0.388 e. The lowest BCUT2D eigenvalue weighted by molar-refractivity contribution is -0.000831. The molecule has 0 spiro atoms. The third-order valence-corrected chi connectivity index (χ3v) is 4.11. The molecule has 5 nitrogen and oxygen atoms in total. The Hall–Kier alpha value is -1.36. The van der Waals surface area contributed by atoms with Crippen molar-refractivity contribution in [3.63, 3.8) is 0 Å². The second-order valence-electron chi connectivity index (χ2n) is 6.22. The molecule has 0 radical (unpaired) electrons. The van der Waals surface area contributed by atoms with Crippen LogP contribution in [0.25, 0.3) is 0 Å². The van der Waals surface area contributed by atoms with Crippen LogP contribution < -0.4 is 10.6 Å². The van der Waals surface area contributed by atoms with E-state index in [1.165, 1.54) is 6.42 Å². The number of hydrogen-bond donors (Lipinski definition) is 3. The summed E-state index contributed by atoms with van der Waals surface area (Å²) in [5, 5.41) is 17.2. The fraction of sp³-hybridized carbons (Fsp3) is 0.750. The zero-order chi connectivity index (χ0) is 15.3. The van der Waals surface area contributed by atoms with E-state index in [-0.39, 0.29) is 0 Å². The molecular weight excluding hydrogens is 264 g/mol. The number of nitrogens with zero attached hydrogens (tertiary/aromatic N) is 2. The van der Waals surface area contributed by atoms with Gasteiger partial charge in [0.2, 0.25) is 0 Å². The Kier molecular flexibility index (Phi) is 5.39. The summed E-state index contributed by atoms with van der Waals surface area (Å²) in [5.41, 5.74) is -0.604. The molecule has 1 saturated carbocycles. The van der Waals surface area contributed by atoms with Gasteiger partial charge >= 0.3 is 0 Å². The fourth-order valence-electron chi connectivity index (χ4n) is 3.07. The molecule has 2 unspecified atom stereocenters. The lowest BCUT2D eigenvalue weighted by Crippen LogP contribution is -2.41. The summed E-state index contributed by atoms with van der Waals surface area (Å²) in [6, 6.07) is 1.91. The van der Waals surface area contributed by atoms with Crippen LogP contribution in [-0.4, -0.2) is 33.8 Å². The summed E-state index contributed by atoms with van der Waals surface area (Å²) in [4.78, 5) is 8.94. The Labute approximate surface area is 127 Å². The molecule has 1 aliphatic carbocycles. The molecule has 0 saturated heterocycles. The molecule has 1 fully saturated rings. The first-order valence-electron chi connectivity index (χ1n) is 8.12. The van der Waals surface area contributed by atoms with Gasteiger partial charge in [0.25, 0.3) is 0 Å². The van der Waals surface area contributed by atoms with Crippen molar-refractivity contribution in [2.75, 3.05) is 23.7 Å². The van der Waals surface area contributed by atoms with E-state index in [0.717, 1.165) is 49.7 Å². The summed E-state index contributed by atoms with van der Waals surface area (Å²) in [5.74, 6) is 3.06. The molecule has 5 heteroatoms. The van der Waals surface area contributed by atoms with Crippen molar-refractivity contribution in [1.29, 1.82) is 0 Å². The summed E-state index contributed by atoms with van der Waals surface area (Å²) in [7, 11) is 0. The maximum Gasteiger partial charge on any atom is 0.132 e. The first-order valence-corrected chi connectivity index (χ1v) is 8.12. The van der Waals surface area contributed by atoms with Crippen molar-refractivity contribution in [3.05, 3.63) is 11.9 Å². The Morgan fingerprint density at radius 1 is 1.29 bits per heavy atom. The smallest absolute Gasteiger partial charge is 0.132 e. The van der Waals surface area contributed by atoms with Gasteiger partial charge in [-0.1, -0.05) is 26.7 Å². The van der Waals surface area contributed by atoms with E-state index in [1.54, 1.807) is 0 Å². The highest BCUT2D eigenvalue weighted by Gasteiger charge is 2.32. The summed E-state index contributed by atoms with van der Waals surface area (Å²) < 4.78 is 0. The van der Waals surface area contributed by atoms with Crippen LogP contribution in [0.1, 0.15) is 52.3 Å². The van der Waals surface area contributed by atoms with Crippen LogP contribution in [0.4, 0.5) is 11.6 Å². The third-order valence-electron chi connectivity index (χ3n) is 4.11. The number of aliphatic hydroxyl groups is 1. The van der Waals surface area contributed by atoms with Gasteiger partial charge in [0.1, 0.15) is 17.5 Å². The Morgan fingerprint density at radius 3 is 2.62 bits per heavy atom. The van der Waals surface area contributed by atoms with E-state index < -0.39 is 5.60 Å². The van der Waals surface area contributed by atoms with E-state index >= 15 is 0 Å². The zero-order valence-electron chi connectivity index (χ0n) is 13.4. The summed E-state index contributed by atoms with van der Waals surface area (Å²) >= 11 is 0. The quantitative estimate of drug-likeness (QED) is 0.752. The van der Waals surface area contributed by atoms with Gasteiger partial charge < -0.3 is 15.7 Å². The number of rotatable bonds is 6. The number of hydrogen-bond acceptors (Lipinski definition) is 5. The Morgan fingerprint density at radius 2 is 2.00 bits per heavy atom. The number of aromatic nitrogens is 2. The van der Waals surface area contributed by atoms with Gasteiger partial charge in [0.05, 0.1) is 5.60 Å². The monoisotopic (exact) mass is 292 g/mol. The minimum atomic E-state index is -0.604. The zero-order valence-corrected chi connectivity index (χ0v) is 13.4. The second-order valence-corrected chi connectivity index (χ2v) is 6.22. The van der Waals surface area contributed by atoms with Gasteiger partial charge in [0.15, 0.2) is 0 Å². The van der Waals surface area contributed by atoms with Gasteiger partial charge in [-0.15, -0.1) is 0 Å². The van der Waals surface area contributed by atoms with Crippen LogP contribution in [0.5, 0.6) is 0 Å². The van der Waals surface area contributed by atoms with Crippen LogP contribution in [0.3, 0.4) is 0 Å². The average molecular weight is 292 g/mol. The lowest BCUT2D eigenvalue weighted by atomic mass is 9.79. The topological polar surface area (TPSA) is 70.1 Å². The van der Waals surface area contributed by atoms with Crippen molar-refractivity contribution in [3.8, 4) is 0 Å². The van der Waals surface area contributed by atoms with Gasteiger partial charge in [-0.05, 0) is 25.7 Å². The fourth-order valence-corrected chi connectivity index (χ4v) is 3.07. The molecule has 1 aromatic heterocycles. The normalized spacial score (nSPS) is 25.6. The molecule has 0 aromatic carbocycles. The van der Waals surface area contributed by atoms with Crippen molar-refractivity contribution in [2.45, 2.75) is 58.5 Å². The van der Waals surface area contributed by atoms with E-state index in [0.29, 0.717) is 12.5 Å². The molecule has 1 heterocycles. The predicted molar refractivity (Wildman–Crippen MR) is 86.6 cm³/mol. The second kappa shape index (κ2) is 7.07. The van der Waals surface area contributed by atoms with Gasteiger partial charge in [-0.25, -0.2) is 9.97 Å². The van der Waals surface area contributed by atoms with Crippen molar-refractivity contribution in [1.82, 2.24) is 9.97 Å². The van der Waals surface area contributed by atoms with E-state index in [2.05, 4.69) is 27.5 Å². The predicted octanol–water partition coefficient (Wildman–Crippen LogP) is 2.82. The number of nitrogens with one attached hydrogen (secondary N) is 2. The van der Waals surface area contributed by atoms with Crippen LogP contribution in [0, 0.1) is 5.92 Å². The molecule has 1 aliphatic rings. The highest BCUT2D eigenvalue weighted by Crippen LogP contribution is 2.32. The van der Waals surface area contributed by atoms with Gasteiger partial charge in [-0.2, -0.15) is 0 Å². The van der Waals surface area contributed by atoms with E-state index in [9.17, 15) is 5.11 Å². The Balaban J connectivity index is 2.03. The first kappa shape index (κ1) is 16.0. The van der Waals surface area contributed by atoms with E-state index in [4.69, 9.17) is 0 Å². The molecule has 118 valence electrons. The van der Waals surface area contributed by atoms with Crippen LogP contribution in [0.2, 0.25) is 0 Å². The van der Waals surface area contributed by atoms with Crippen molar-refractivity contribution in [2.24, 2.45) is 5.92 Å². The molecule has 1 aromatic rings. The molecule has 0 bridgehead atoms. The summed E-state index contributed by atoms with van der Waals surface area (Å²) in [6.45, 7) is 7.70. The minimum absolute atomic E-state index is 0.559.